The first-order chi connectivity index (χ1) is 14.3. The first-order valence-electron chi connectivity index (χ1n) is 10.4. The van der Waals surface area contributed by atoms with Gasteiger partial charge in [-0.15, -0.1) is 0 Å². The Morgan fingerprint density at radius 2 is 2.07 bits per heavy atom. The summed E-state index contributed by atoms with van der Waals surface area (Å²) >= 11 is 0. The summed E-state index contributed by atoms with van der Waals surface area (Å²) < 4.78 is 18.9. The molecular weight excluding hydrogens is 372 g/mol. The molecule has 29 heavy (non-hydrogen) atoms. The Kier molecular flexibility index (Phi) is 5.01. The van der Waals surface area contributed by atoms with Gasteiger partial charge >= 0.3 is 5.56 Å². The van der Waals surface area contributed by atoms with Crippen molar-refractivity contribution >= 4 is 5.69 Å². The molecule has 0 spiro atoms. The van der Waals surface area contributed by atoms with Gasteiger partial charge in [0.2, 0.25) is 5.75 Å². The second-order valence-corrected chi connectivity index (χ2v) is 7.74. The van der Waals surface area contributed by atoms with Crippen LogP contribution >= 0.6 is 0 Å². The molecule has 1 N–H and O–H groups in total. The van der Waals surface area contributed by atoms with Gasteiger partial charge in [-0.1, -0.05) is 12.1 Å². The fourth-order valence-electron chi connectivity index (χ4n) is 4.25. The monoisotopic (exact) mass is 398 g/mol. The van der Waals surface area contributed by atoms with Gasteiger partial charge in [0.25, 0.3) is 0 Å². The molecule has 1 unspecified atom stereocenters. The van der Waals surface area contributed by atoms with Crippen LogP contribution in [0, 0.1) is 0 Å². The van der Waals surface area contributed by atoms with Crippen LogP contribution < -0.4 is 30.0 Å². The number of para-hydroxylation sites is 2. The molecule has 2 atom stereocenters. The number of aromatic nitrogens is 2. The Morgan fingerprint density at radius 3 is 3.00 bits per heavy atom. The summed E-state index contributed by atoms with van der Waals surface area (Å²) in [6, 6.07) is 8.10. The second kappa shape index (κ2) is 7.94. The van der Waals surface area contributed by atoms with Crippen LogP contribution in [0.3, 0.4) is 0 Å². The molecule has 3 aliphatic rings. The van der Waals surface area contributed by atoms with E-state index in [0.29, 0.717) is 38.1 Å². The van der Waals surface area contributed by atoms with Gasteiger partial charge in [0.05, 0.1) is 12.2 Å². The lowest BCUT2D eigenvalue weighted by atomic mass is 10.2. The summed E-state index contributed by atoms with van der Waals surface area (Å²) in [5.74, 6) is 2.04. The van der Waals surface area contributed by atoms with E-state index in [-0.39, 0.29) is 11.7 Å². The van der Waals surface area contributed by atoms with Gasteiger partial charge in [-0.25, -0.2) is 4.68 Å². The van der Waals surface area contributed by atoms with Crippen LogP contribution in [0.1, 0.15) is 19.3 Å². The van der Waals surface area contributed by atoms with Crippen LogP contribution in [-0.2, 0) is 6.54 Å². The van der Waals surface area contributed by atoms with Gasteiger partial charge in [-0.3, -0.25) is 4.79 Å². The molecule has 3 aliphatic heterocycles. The van der Waals surface area contributed by atoms with Gasteiger partial charge in [0.1, 0.15) is 25.0 Å². The maximum Gasteiger partial charge on any atom is 0.311 e. The highest BCUT2D eigenvalue weighted by Crippen LogP contribution is 2.34. The van der Waals surface area contributed by atoms with Crippen molar-refractivity contribution in [3.63, 3.8) is 0 Å². The van der Waals surface area contributed by atoms with Gasteiger partial charge < -0.3 is 24.4 Å². The van der Waals surface area contributed by atoms with Crippen molar-refractivity contribution in [2.45, 2.75) is 38.0 Å². The molecule has 8 nitrogen and oxygen atoms in total. The minimum absolute atomic E-state index is 0.0173. The molecule has 1 aromatic carbocycles. The van der Waals surface area contributed by atoms with Crippen LogP contribution in [0.2, 0.25) is 0 Å². The number of nitrogens with zero attached hydrogens (tertiary/aromatic N) is 3. The summed E-state index contributed by atoms with van der Waals surface area (Å²) in [5.41, 5.74) is 0.723. The summed E-state index contributed by atoms with van der Waals surface area (Å²) in [6.45, 7) is 4.12. The van der Waals surface area contributed by atoms with E-state index in [1.807, 2.05) is 24.3 Å². The normalized spacial score (nSPS) is 22.0. The summed E-state index contributed by atoms with van der Waals surface area (Å²) in [7, 11) is 0. The number of hydrogen-bond donors (Lipinski definition) is 1. The number of benzene rings is 1. The van der Waals surface area contributed by atoms with Crippen molar-refractivity contribution < 1.29 is 14.2 Å². The first kappa shape index (κ1) is 18.3. The van der Waals surface area contributed by atoms with E-state index in [2.05, 4.69) is 15.3 Å². The third-order valence-electron chi connectivity index (χ3n) is 5.75. The average Bonchev–Trinajstić information content (AvgIpc) is 3.24. The summed E-state index contributed by atoms with van der Waals surface area (Å²) in [6.07, 6.45) is 4.82. The Hall–Kier alpha value is -2.74. The molecule has 1 aromatic heterocycles. The molecule has 4 heterocycles. The second-order valence-electron chi connectivity index (χ2n) is 7.74. The van der Waals surface area contributed by atoms with Crippen LogP contribution in [0.4, 0.5) is 5.69 Å². The van der Waals surface area contributed by atoms with Crippen LogP contribution in [0.5, 0.6) is 17.2 Å². The van der Waals surface area contributed by atoms with E-state index in [1.54, 1.807) is 6.20 Å². The zero-order valence-corrected chi connectivity index (χ0v) is 16.4. The quantitative estimate of drug-likeness (QED) is 0.738. The lowest BCUT2D eigenvalue weighted by molar-refractivity contribution is 0.0904. The van der Waals surface area contributed by atoms with E-state index >= 15 is 0 Å². The molecular formula is C21H26N4O4. The highest BCUT2D eigenvalue weighted by atomic mass is 16.6. The van der Waals surface area contributed by atoms with Crippen molar-refractivity contribution in [2.24, 2.45) is 0 Å². The Bertz CT molecular complexity index is 931. The largest absolute Gasteiger partial charge is 0.486 e. The average molecular weight is 398 g/mol. The van der Waals surface area contributed by atoms with Gasteiger partial charge in [0, 0.05) is 19.6 Å². The predicted molar refractivity (Wildman–Crippen MR) is 108 cm³/mol. The standard InChI is InChI=1S/C21H26N4O4/c26-21-20-17(24-9-3-5-15(24)13-28-20)12-23-25(21)10-4-8-22-11-16-14-27-18-6-1-2-7-19(18)29-16/h1-2,6-7,12,15-16,22H,3-5,8-11,13-14H2/t15-,16?/m0/s1. The maximum absolute atomic E-state index is 12.7. The highest BCUT2D eigenvalue weighted by molar-refractivity contribution is 5.58. The molecule has 154 valence electrons. The number of aryl methyl sites for hydroxylation is 1. The van der Waals surface area contributed by atoms with Crippen molar-refractivity contribution in [2.75, 3.05) is 37.7 Å². The molecule has 0 amide bonds. The summed E-state index contributed by atoms with van der Waals surface area (Å²) in [5, 5.41) is 7.76. The van der Waals surface area contributed by atoms with Crippen molar-refractivity contribution in [1.29, 1.82) is 0 Å². The van der Waals surface area contributed by atoms with E-state index in [9.17, 15) is 4.79 Å². The zero-order chi connectivity index (χ0) is 19.6. The molecule has 8 heteroatoms. The molecule has 1 fully saturated rings. The third kappa shape index (κ3) is 3.64. The minimum Gasteiger partial charge on any atom is -0.486 e. The molecule has 0 aliphatic carbocycles. The smallest absolute Gasteiger partial charge is 0.311 e. The molecule has 0 radical (unpaired) electrons. The topological polar surface area (TPSA) is 77.9 Å². The fraction of sp³-hybridized carbons (Fsp3) is 0.524. The van der Waals surface area contributed by atoms with Gasteiger partial charge in [-0.05, 0) is 37.9 Å². The Balaban J connectivity index is 1.11. The Labute approximate surface area is 169 Å². The molecule has 0 saturated carbocycles. The molecule has 1 saturated heterocycles. The number of fused-ring (bicyclic) bond motifs is 4. The van der Waals surface area contributed by atoms with Crippen LogP contribution in [-0.4, -0.2) is 54.8 Å². The van der Waals surface area contributed by atoms with Crippen molar-refractivity contribution in [3.8, 4) is 17.2 Å². The highest BCUT2D eigenvalue weighted by Gasteiger charge is 2.33. The number of nitrogens with one attached hydrogen (secondary N) is 1. The van der Waals surface area contributed by atoms with E-state index in [1.165, 1.54) is 4.68 Å². The number of hydrogen-bond acceptors (Lipinski definition) is 7. The van der Waals surface area contributed by atoms with E-state index < -0.39 is 0 Å². The van der Waals surface area contributed by atoms with Crippen LogP contribution in [0.15, 0.2) is 35.3 Å². The number of rotatable bonds is 6. The zero-order valence-electron chi connectivity index (χ0n) is 16.4. The number of ether oxygens (including phenoxy) is 3. The van der Waals surface area contributed by atoms with E-state index in [0.717, 1.165) is 49.5 Å². The molecule has 5 rings (SSSR count). The molecule has 0 bridgehead atoms. The lowest BCUT2D eigenvalue weighted by Gasteiger charge is -2.32. The third-order valence-corrected chi connectivity index (χ3v) is 5.75. The first-order valence-corrected chi connectivity index (χ1v) is 10.4. The van der Waals surface area contributed by atoms with Gasteiger partial charge in [-0.2, -0.15) is 5.10 Å². The predicted octanol–water partition coefficient (Wildman–Crippen LogP) is 1.42. The lowest BCUT2D eigenvalue weighted by Crippen LogP contribution is -2.41. The maximum atomic E-state index is 12.7. The Morgan fingerprint density at radius 1 is 1.17 bits per heavy atom. The van der Waals surface area contributed by atoms with Gasteiger partial charge in [0.15, 0.2) is 11.5 Å². The van der Waals surface area contributed by atoms with Crippen LogP contribution in [0.25, 0.3) is 0 Å². The van der Waals surface area contributed by atoms with E-state index in [4.69, 9.17) is 14.2 Å². The minimum atomic E-state index is -0.131. The summed E-state index contributed by atoms with van der Waals surface area (Å²) in [4.78, 5) is 15.0. The van der Waals surface area contributed by atoms with Crippen molar-refractivity contribution in [1.82, 2.24) is 15.1 Å². The molecule has 2 aromatic rings. The number of anilines is 1. The van der Waals surface area contributed by atoms with Crippen molar-refractivity contribution in [3.05, 3.63) is 40.8 Å². The SMILES string of the molecule is O=c1c2c(cnn1CCCNCC1COc3ccccc3O1)N1CCC[C@H]1CO2. The fourth-order valence-corrected chi connectivity index (χ4v) is 4.25.